The number of alkyl carbamates (subject to hydrolysis) is 2. The Morgan fingerprint density at radius 3 is 1.53 bits per heavy atom. The van der Waals surface area contributed by atoms with Gasteiger partial charge in [0.25, 0.3) is 0 Å². The van der Waals surface area contributed by atoms with Gasteiger partial charge in [0.2, 0.25) is 0 Å². The lowest BCUT2D eigenvalue weighted by molar-refractivity contribution is -0.144. The molecule has 3 fully saturated rings. The number of hydrogen-bond donors (Lipinski definition) is 4. The Balaban J connectivity index is 0.000000265. The predicted octanol–water partition coefficient (Wildman–Crippen LogP) is 3.59. The molecule has 0 saturated carbocycles. The van der Waals surface area contributed by atoms with Crippen molar-refractivity contribution in [1.82, 2.24) is 20.4 Å². The van der Waals surface area contributed by atoms with Gasteiger partial charge in [0, 0.05) is 55.2 Å². The lowest BCUT2D eigenvalue weighted by Gasteiger charge is -2.34. The largest absolute Gasteiger partial charge is 0.465 e. The number of amidine groups is 2. The molecule has 2 atom stereocenters. The van der Waals surface area contributed by atoms with Crippen LogP contribution >= 0.6 is 11.6 Å². The van der Waals surface area contributed by atoms with Crippen molar-refractivity contribution in [2.24, 2.45) is 0 Å². The first kappa shape index (κ1) is 42.3. The van der Waals surface area contributed by atoms with Crippen molar-refractivity contribution < 1.29 is 47.7 Å². The molecule has 2 aromatic carbocycles. The number of amides is 4. The second kappa shape index (κ2) is 20.8. The third-order valence-electron chi connectivity index (χ3n) is 8.45. The van der Waals surface area contributed by atoms with Crippen LogP contribution in [-0.2, 0) is 28.5 Å². The number of nitrogens with one attached hydrogen (secondary N) is 4. The monoisotopic (exact) mass is 786 g/mol. The van der Waals surface area contributed by atoms with Crippen molar-refractivity contribution in [2.75, 3.05) is 87.9 Å². The maximum atomic E-state index is 12.4. The number of piperazine rings is 1. The normalized spacial score (nSPS) is 18.3. The van der Waals surface area contributed by atoms with Crippen molar-refractivity contribution in [3.8, 4) is 0 Å². The molecular formula is C36H47ClN8O10. The Morgan fingerprint density at radius 2 is 1.11 bits per heavy atom. The number of cyclic esters (lactones) is 2. The van der Waals surface area contributed by atoms with Gasteiger partial charge >= 0.3 is 30.3 Å². The molecule has 3 heterocycles. The zero-order chi connectivity index (χ0) is 39.9. The summed E-state index contributed by atoms with van der Waals surface area (Å²) in [6.07, 6.45) is -2.79. The van der Waals surface area contributed by atoms with E-state index in [9.17, 15) is 24.0 Å². The van der Waals surface area contributed by atoms with Gasteiger partial charge in [0.05, 0.1) is 45.3 Å². The zero-order valence-electron chi connectivity index (χ0n) is 31.0. The van der Waals surface area contributed by atoms with Crippen molar-refractivity contribution in [3.63, 3.8) is 0 Å². The second-order valence-electron chi connectivity index (χ2n) is 12.3. The van der Waals surface area contributed by atoms with E-state index in [1.807, 2.05) is 0 Å². The van der Waals surface area contributed by atoms with Crippen LogP contribution in [0.2, 0.25) is 0 Å². The number of carbonyl (C=O) groups excluding carboxylic acids is 5. The van der Waals surface area contributed by atoms with Crippen LogP contribution in [0.25, 0.3) is 0 Å². The van der Waals surface area contributed by atoms with E-state index in [0.717, 1.165) is 26.2 Å². The predicted molar refractivity (Wildman–Crippen MR) is 202 cm³/mol. The van der Waals surface area contributed by atoms with Gasteiger partial charge < -0.3 is 23.7 Å². The van der Waals surface area contributed by atoms with Crippen LogP contribution in [0.1, 0.15) is 31.9 Å². The van der Waals surface area contributed by atoms with Crippen LogP contribution in [0, 0.1) is 10.8 Å². The number of carbonyl (C=O) groups is 5. The summed E-state index contributed by atoms with van der Waals surface area (Å²) < 4.78 is 25.1. The fourth-order valence-corrected chi connectivity index (χ4v) is 5.91. The molecule has 5 rings (SSSR count). The molecule has 18 nitrogen and oxygen atoms in total. The molecule has 19 heteroatoms. The van der Waals surface area contributed by atoms with Gasteiger partial charge in [0.15, 0.2) is 0 Å². The molecule has 3 aliphatic heterocycles. The zero-order valence-corrected chi connectivity index (χ0v) is 31.8. The number of esters is 1. The maximum Gasteiger partial charge on any atom is 0.414 e. The standard InChI is InChI=1S/C22H31N5O6.C14H16ClN3O4/c1-3-31-19(28)15-26-11-9-25(10-12-26)13-18-14-27(22(30)33-18)17-7-5-16(6-8-17)20(23)24-21(29)32-4-2;1-2-21-13(19)17-12(16)9-3-5-10(6-4-9)18-8-11(7-15)22-14(18)20/h5-8,18H,3-4,9-15H2,1-2H3,(H2,23,24,29);3-6,11H,2,7-8H2,1H3,(H2,16,17,19). The minimum absolute atomic E-state index is 0.0763. The van der Waals surface area contributed by atoms with Gasteiger partial charge in [-0.25, -0.2) is 19.2 Å². The number of alkyl halides is 1. The third kappa shape index (κ3) is 12.5. The molecule has 0 radical (unpaired) electrons. The van der Waals surface area contributed by atoms with Gasteiger partial charge in [0.1, 0.15) is 23.9 Å². The van der Waals surface area contributed by atoms with Gasteiger partial charge in [-0.2, -0.15) is 0 Å². The highest BCUT2D eigenvalue weighted by Crippen LogP contribution is 2.24. The summed E-state index contributed by atoms with van der Waals surface area (Å²) in [6, 6.07) is 13.4. The summed E-state index contributed by atoms with van der Waals surface area (Å²) in [5, 5.41) is 20.4. The first-order valence-corrected chi connectivity index (χ1v) is 18.4. The van der Waals surface area contributed by atoms with Gasteiger partial charge in [-0.1, -0.05) is 0 Å². The molecule has 298 valence electrons. The van der Waals surface area contributed by atoms with Gasteiger partial charge in [-0.15, -0.1) is 11.6 Å². The summed E-state index contributed by atoms with van der Waals surface area (Å²) in [7, 11) is 0. The minimum atomic E-state index is -0.681. The summed E-state index contributed by atoms with van der Waals surface area (Å²) in [6.45, 7) is 10.9. The smallest absolute Gasteiger partial charge is 0.414 e. The molecule has 3 saturated heterocycles. The molecule has 55 heavy (non-hydrogen) atoms. The Labute approximate surface area is 323 Å². The highest BCUT2D eigenvalue weighted by molar-refractivity contribution is 6.18. The minimum Gasteiger partial charge on any atom is -0.465 e. The van der Waals surface area contributed by atoms with Crippen LogP contribution < -0.4 is 20.4 Å². The van der Waals surface area contributed by atoms with E-state index in [1.54, 1.807) is 74.2 Å². The molecule has 2 unspecified atom stereocenters. The SMILES string of the molecule is CCOC(=O)CN1CCN(CC2CN(c3ccc(C(=N)NC(=O)OCC)cc3)C(=O)O2)CC1.CCOC(=O)NC(=N)c1ccc(N2CC(CCl)OC2=O)cc1. The summed E-state index contributed by atoms with van der Waals surface area (Å²) in [5.74, 6) is -0.116. The fraction of sp³-hybridized carbons (Fsp3) is 0.472. The third-order valence-corrected chi connectivity index (χ3v) is 8.79. The van der Waals surface area contributed by atoms with Crippen molar-refractivity contribution in [2.45, 2.75) is 33.0 Å². The number of halogens is 1. The highest BCUT2D eigenvalue weighted by Gasteiger charge is 2.34. The van der Waals surface area contributed by atoms with E-state index >= 15 is 0 Å². The Kier molecular flexibility index (Phi) is 16.0. The fourth-order valence-electron chi connectivity index (χ4n) is 5.75. The van der Waals surface area contributed by atoms with Crippen LogP contribution in [0.5, 0.6) is 0 Å². The lowest BCUT2D eigenvalue weighted by Crippen LogP contribution is -2.50. The molecule has 0 aliphatic carbocycles. The Bertz CT molecular complexity index is 1670. The number of benzene rings is 2. The van der Waals surface area contributed by atoms with E-state index in [1.165, 1.54) is 4.90 Å². The number of rotatable bonds is 12. The number of nitrogens with zero attached hydrogens (tertiary/aromatic N) is 4. The summed E-state index contributed by atoms with van der Waals surface area (Å²) in [5.41, 5.74) is 2.30. The number of anilines is 2. The first-order chi connectivity index (χ1) is 26.4. The highest BCUT2D eigenvalue weighted by atomic mass is 35.5. The van der Waals surface area contributed by atoms with Crippen LogP contribution in [0.4, 0.5) is 30.6 Å². The first-order valence-electron chi connectivity index (χ1n) is 17.8. The van der Waals surface area contributed by atoms with E-state index < -0.39 is 24.4 Å². The van der Waals surface area contributed by atoms with Crippen molar-refractivity contribution >= 4 is 65.0 Å². The van der Waals surface area contributed by atoms with Crippen LogP contribution in [0.15, 0.2) is 48.5 Å². The summed E-state index contributed by atoms with van der Waals surface area (Å²) >= 11 is 5.68. The van der Waals surface area contributed by atoms with E-state index in [4.69, 9.17) is 46.1 Å². The maximum absolute atomic E-state index is 12.4. The van der Waals surface area contributed by atoms with Crippen LogP contribution in [-0.4, -0.2) is 142 Å². The topological polar surface area (TPSA) is 216 Å². The molecule has 0 bridgehead atoms. The van der Waals surface area contributed by atoms with E-state index in [0.29, 0.717) is 55.3 Å². The molecule has 0 spiro atoms. The van der Waals surface area contributed by atoms with Gasteiger partial charge in [-0.3, -0.25) is 45.8 Å². The lowest BCUT2D eigenvalue weighted by atomic mass is 10.1. The summed E-state index contributed by atoms with van der Waals surface area (Å²) in [4.78, 5) is 65.8. The quantitative estimate of drug-likeness (QED) is 0.0799. The number of ether oxygens (including phenoxy) is 5. The molecule has 2 aromatic rings. The molecule has 3 aliphatic rings. The average molecular weight is 787 g/mol. The van der Waals surface area contributed by atoms with Crippen LogP contribution in [0.3, 0.4) is 0 Å². The molecule has 0 aromatic heterocycles. The van der Waals surface area contributed by atoms with E-state index in [2.05, 4.69) is 20.4 Å². The van der Waals surface area contributed by atoms with Crippen molar-refractivity contribution in [1.29, 1.82) is 10.8 Å². The Hall–Kier alpha value is -5.46. The van der Waals surface area contributed by atoms with Gasteiger partial charge in [-0.05, 0) is 69.3 Å². The molecule has 4 amide bonds. The van der Waals surface area contributed by atoms with E-state index in [-0.39, 0.29) is 48.9 Å². The molecule has 4 N–H and O–H groups in total. The number of hydrogen-bond acceptors (Lipinski definition) is 14. The average Bonchev–Trinajstić information content (AvgIpc) is 3.73. The second-order valence-corrected chi connectivity index (χ2v) is 12.6. The Morgan fingerprint density at radius 1 is 0.691 bits per heavy atom. The van der Waals surface area contributed by atoms with Crippen molar-refractivity contribution in [3.05, 3.63) is 59.7 Å². The molecular weight excluding hydrogens is 740 g/mol.